The van der Waals surface area contributed by atoms with Crippen LogP contribution in [0.1, 0.15) is 24.2 Å². The number of fused-ring (bicyclic) bond motifs is 3. The Morgan fingerprint density at radius 2 is 1.69 bits per heavy atom. The highest BCUT2D eigenvalue weighted by Gasteiger charge is 2.20. The van der Waals surface area contributed by atoms with Gasteiger partial charge in [0.25, 0.3) is 0 Å². The van der Waals surface area contributed by atoms with Crippen molar-refractivity contribution in [1.29, 1.82) is 5.26 Å². The largest absolute Gasteiger partial charge is 0.367 e. The number of aromatic amines is 1. The summed E-state index contributed by atoms with van der Waals surface area (Å²) in [6.45, 7) is 2.77. The monoisotopic (exact) mass is 554 g/mol. The van der Waals surface area contributed by atoms with Gasteiger partial charge < -0.3 is 5.32 Å². The molecule has 206 valence electrons. The second-order valence-corrected chi connectivity index (χ2v) is 10.3. The first kappa shape index (κ1) is 25.5. The normalized spacial score (nSPS) is 14.3. The summed E-state index contributed by atoms with van der Waals surface area (Å²) >= 11 is 0. The van der Waals surface area contributed by atoms with Crippen LogP contribution in [0.5, 0.6) is 0 Å². The number of pyridine rings is 1. The van der Waals surface area contributed by atoms with Gasteiger partial charge in [-0.3, -0.25) is 4.90 Å². The van der Waals surface area contributed by atoms with Crippen molar-refractivity contribution in [3.05, 3.63) is 101 Å². The minimum Gasteiger partial charge on any atom is -0.367 e. The second kappa shape index (κ2) is 10.8. The van der Waals surface area contributed by atoms with Gasteiger partial charge in [0, 0.05) is 49.2 Å². The number of aromatic nitrogens is 7. The molecule has 0 saturated carbocycles. The number of H-pyrrole nitrogens is 1. The lowest BCUT2D eigenvalue weighted by Crippen LogP contribution is -2.38. The van der Waals surface area contributed by atoms with E-state index in [9.17, 15) is 4.79 Å². The van der Waals surface area contributed by atoms with E-state index in [1.807, 2.05) is 36.4 Å². The molecule has 0 bridgehead atoms. The molecule has 1 aliphatic rings. The summed E-state index contributed by atoms with van der Waals surface area (Å²) in [6.07, 6.45) is 5.25. The van der Waals surface area contributed by atoms with Crippen LogP contribution in [-0.2, 0) is 6.54 Å². The Morgan fingerprint density at radius 1 is 0.929 bits per heavy atom. The van der Waals surface area contributed by atoms with Gasteiger partial charge in [0.1, 0.15) is 17.4 Å². The van der Waals surface area contributed by atoms with Crippen molar-refractivity contribution in [2.45, 2.75) is 25.4 Å². The fourth-order valence-corrected chi connectivity index (χ4v) is 5.45. The van der Waals surface area contributed by atoms with Crippen LogP contribution in [0.3, 0.4) is 0 Å². The van der Waals surface area contributed by atoms with Crippen molar-refractivity contribution in [2.24, 2.45) is 0 Å². The average molecular weight is 555 g/mol. The van der Waals surface area contributed by atoms with Gasteiger partial charge in [-0.25, -0.2) is 34.2 Å². The molecule has 0 unspecified atom stereocenters. The molecular weight excluding hydrogens is 528 g/mol. The van der Waals surface area contributed by atoms with Crippen LogP contribution in [0.2, 0.25) is 0 Å². The smallest absolute Gasteiger partial charge is 0.347 e. The van der Waals surface area contributed by atoms with Gasteiger partial charge in [0.2, 0.25) is 5.82 Å². The van der Waals surface area contributed by atoms with Gasteiger partial charge >= 0.3 is 5.69 Å². The minimum atomic E-state index is -0.311. The quantitative estimate of drug-likeness (QED) is 0.312. The molecule has 0 atom stereocenters. The molecule has 1 aliphatic heterocycles. The van der Waals surface area contributed by atoms with Gasteiger partial charge in [-0.1, -0.05) is 54.6 Å². The van der Waals surface area contributed by atoms with Crippen LogP contribution in [-0.4, -0.2) is 58.6 Å². The fourth-order valence-electron chi connectivity index (χ4n) is 5.45. The van der Waals surface area contributed by atoms with E-state index in [1.54, 1.807) is 24.5 Å². The zero-order chi connectivity index (χ0) is 28.5. The van der Waals surface area contributed by atoms with Crippen LogP contribution in [0.15, 0.2) is 83.9 Å². The van der Waals surface area contributed by atoms with E-state index in [2.05, 4.69) is 54.6 Å². The molecule has 2 aromatic carbocycles. The van der Waals surface area contributed by atoms with Gasteiger partial charge in [-0.2, -0.15) is 10.4 Å². The second-order valence-electron chi connectivity index (χ2n) is 10.3. The van der Waals surface area contributed by atoms with Gasteiger partial charge in [0.15, 0.2) is 5.65 Å². The third kappa shape index (κ3) is 4.95. The Bertz CT molecular complexity index is 1990. The predicted molar refractivity (Wildman–Crippen MR) is 158 cm³/mol. The van der Waals surface area contributed by atoms with Crippen LogP contribution >= 0.6 is 0 Å². The Hall–Kier alpha value is -5.47. The average Bonchev–Trinajstić information content (AvgIpc) is 3.43. The molecule has 11 nitrogen and oxygen atoms in total. The van der Waals surface area contributed by atoms with Crippen LogP contribution in [0.4, 0.5) is 5.82 Å². The summed E-state index contributed by atoms with van der Waals surface area (Å²) in [5.74, 6) is 0.874. The molecule has 5 heterocycles. The van der Waals surface area contributed by atoms with E-state index in [0.29, 0.717) is 28.5 Å². The number of likely N-dealkylation sites (tertiary alicyclic amines) is 1. The number of hydrogen-bond donors (Lipinski definition) is 2. The molecule has 0 radical (unpaired) electrons. The maximum atomic E-state index is 12.2. The van der Waals surface area contributed by atoms with E-state index in [-0.39, 0.29) is 11.5 Å². The van der Waals surface area contributed by atoms with Crippen LogP contribution in [0, 0.1) is 11.3 Å². The number of rotatable bonds is 6. The maximum Gasteiger partial charge on any atom is 0.347 e. The van der Waals surface area contributed by atoms with Crippen molar-refractivity contribution < 1.29 is 0 Å². The van der Waals surface area contributed by atoms with Crippen molar-refractivity contribution in [1.82, 2.24) is 39.4 Å². The SMILES string of the molecule is N#Cc1nccc(NC2CCN(Cc3ccc(-c4nc5c(ccn6c(=O)[nH]nc56)nc4-c4ccccc4)cc3)CC2)n1. The minimum absolute atomic E-state index is 0.177. The highest BCUT2D eigenvalue weighted by atomic mass is 16.1. The number of benzene rings is 2. The summed E-state index contributed by atoms with van der Waals surface area (Å²) in [7, 11) is 0. The number of anilines is 1. The van der Waals surface area contributed by atoms with Crippen LogP contribution < -0.4 is 11.0 Å². The van der Waals surface area contributed by atoms with E-state index < -0.39 is 0 Å². The van der Waals surface area contributed by atoms with E-state index in [0.717, 1.165) is 55.0 Å². The molecule has 1 fully saturated rings. The third-order valence-corrected chi connectivity index (χ3v) is 7.60. The summed E-state index contributed by atoms with van der Waals surface area (Å²) in [4.78, 5) is 32.8. The van der Waals surface area contributed by atoms with E-state index >= 15 is 0 Å². The van der Waals surface area contributed by atoms with E-state index in [4.69, 9.17) is 15.2 Å². The summed E-state index contributed by atoms with van der Waals surface area (Å²) in [5, 5.41) is 19.2. The summed E-state index contributed by atoms with van der Waals surface area (Å²) < 4.78 is 1.45. The number of piperidine rings is 1. The standard InChI is InChI=1S/C31H26N10O/c32-18-26-33-14-10-25(36-26)34-23-11-15-40(16-12-23)19-20-6-8-22(9-7-20)28-27(21-4-2-1-3-5-21)35-24-13-17-41-30(29(24)37-28)38-39-31(41)42/h1-10,13-14,17,23H,11-12,15-16,19H2,(H,39,42)(H,33,34,36). The molecule has 4 aromatic heterocycles. The van der Waals surface area contributed by atoms with Crippen LogP contribution in [0.25, 0.3) is 39.2 Å². The Balaban J connectivity index is 1.11. The topological polar surface area (TPSA) is 141 Å². The molecule has 0 aliphatic carbocycles. The molecule has 11 heteroatoms. The Morgan fingerprint density at radius 3 is 2.48 bits per heavy atom. The molecule has 42 heavy (non-hydrogen) atoms. The van der Waals surface area contributed by atoms with Crippen molar-refractivity contribution >= 4 is 22.5 Å². The summed E-state index contributed by atoms with van der Waals surface area (Å²) in [6, 6.07) is 24.4. The highest BCUT2D eigenvalue weighted by Crippen LogP contribution is 2.32. The molecule has 6 aromatic rings. The lowest BCUT2D eigenvalue weighted by Gasteiger charge is -2.32. The molecule has 1 saturated heterocycles. The number of hydrogen-bond acceptors (Lipinski definition) is 9. The lowest BCUT2D eigenvalue weighted by atomic mass is 10.0. The number of nitriles is 1. The molecule has 0 amide bonds. The highest BCUT2D eigenvalue weighted by molar-refractivity contribution is 5.92. The zero-order valence-electron chi connectivity index (χ0n) is 22.6. The number of nitrogens with zero attached hydrogens (tertiary/aromatic N) is 8. The molecule has 2 N–H and O–H groups in total. The Labute approximate surface area is 240 Å². The van der Waals surface area contributed by atoms with Crippen molar-refractivity contribution in [2.75, 3.05) is 18.4 Å². The molecule has 0 spiro atoms. The number of nitrogens with one attached hydrogen (secondary N) is 2. The Kier molecular flexibility index (Phi) is 6.58. The molecular formula is C31H26N10O. The fraction of sp³-hybridized carbons (Fsp3) is 0.194. The van der Waals surface area contributed by atoms with E-state index in [1.165, 1.54) is 9.96 Å². The molecule has 7 rings (SSSR count). The predicted octanol–water partition coefficient (Wildman–Crippen LogP) is 4.04. The maximum absolute atomic E-state index is 12.2. The zero-order valence-corrected chi connectivity index (χ0v) is 22.6. The van der Waals surface area contributed by atoms with Crippen molar-refractivity contribution in [3.63, 3.8) is 0 Å². The van der Waals surface area contributed by atoms with Gasteiger partial charge in [0.05, 0.1) is 16.9 Å². The first-order valence-corrected chi connectivity index (χ1v) is 13.8. The van der Waals surface area contributed by atoms with Crippen molar-refractivity contribution in [3.8, 4) is 28.6 Å². The first-order valence-electron chi connectivity index (χ1n) is 13.8. The lowest BCUT2D eigenvalue weighted by molar-refractivity contribution is 0.211. The first-order chi connectivity index (χ1) is 20.6. The third-order valence-electron chi connectivity index (χ3n) is 7.60. The van der Waals surface area contributed by atoms with Gasteiger partial charge in [-0.15, -0.1) is 0 Å². The van der Waals surface area contributed by atoms with Gasteiger partial charge in [-0.05, 0) is 30.5 Å². The summed E-state index contributed by atoms with van der Waals surface area (Å²) in [5.41, 5.74) is 6.01.